The van der Waals surface area contributed by atoms with Crippen LogP contribution in [0, 0.1) is 6.92 Å². The normalized spacial score (nSPS) is 12.8. The zero-order valence-electron chi connectivity index (χ0n) is 21.2. The average molecular weight is 450 g/mol. The van der Waals surface area contributed by atoms with Crippen LogP contribution >= 0.6 is 0 Å². The number of unbranched alkanes of at least 4 members (excludes halogenated alkanes) is 1. The minimum Gasteiger partial charge on any atom is -0.372 e. The smallest absolute Gasteiger partial charge is 0.276 e. The van der Waals surface area contributed by atoms with Crippen molar-refractivity contribution in [2.75, 3.05) is 18.0 Å². The highest BCUT2D eigenvalue weighted by atomic mass is 16.1. The van der Waals surface area contributed by atoms with E-state index in [2.05, 4.69) is 75.8 Å². The summed E-state index contributed by atoms with van der Waals surface area (Å²) in [7, 11) is 0. The molecule has 0 aliphatic carbocycles. The van der Waals surface area contributed by atoms with Crippen LogP contribution in [0.15, 0.2) is 28.0 Å². The van der Waals surface area contributed by atoms with Gasteiger partial charge in [-0.1, -0.05) is 39.7 Å². The standard InChI is InChI=1S/C27H39N5O/c1-7-12-15-21-23(13-8-2)29-26-25(24(14-9-3)30-32(26)27(21)33)28-22-17-16-20(18-19(22)6)31(10-4)11-5/h14,16-18,30H,7-13,15H2,1-6H3/b24-14-,28-25?. The molecule has 1 N–H and O–H groups in total. The molecule has 0 bridgehead atoms. The van der Waals surface area contributed by atoms with E-state index in [-0.39, 0.29) is 5.56 Å². The van der Waals surface area contributed by atoms with Crippen LogP contribution < -0.4 is 21.2 Å². The number of rotatable bonds is 10. The predicted octanol–water partition coefficient (Wildman–Crippen LogP) is 4.61. The molecule has 0 aliphatic rings. The van der Waals surface area contributed by atoms with Crippen molar-refractivity contribution in [3.8, 4) is 0 Å². The third-order valence-electron chi connectivity index (χ3n) is 6.18. The molecule has 0 spiro atoms. The summed E-state index contributed by atoms with van der Waals surface area (Å²) in [6.45, 7) is 14.7. The topological polar surface area (TPSA) is 65.8 Å². The zero-order chi connectivity index (χ0) is 24.0. The van der Waals surface area contributed by atoms with Crippen LogP contribution in [-0.4, -0.2) is 27.7 Å². The van der Waals surface area contributed by atoms with Gasteiger partial charge in [0.2, 0.25) is 0 Å². The van der Waals surface area contributed by atoms with Crippen LogP contribution in [0.4, 0.5) is 11.4 Å². The summed E-state index contributed by atoms with van der Waals surface area (Å²) in [6, 6.07) is 6.39. The Balaban J connectivity index is 2.28. The molecule has 0 atom stereocenters. The number of nitrogens with zero attached hydrogens (tertiary/aromatic N) is 4. The Kier molecular flexibility index (Phi) is 8.48. The highest BCUT2D eigenvalue weighted by Crippen LogP contribution is 2.24. The van der Waals surface area contributed by atoms with Gasteiger partial charge in [-0.25, -0.2) is 9.98 Å². The second-order valence-corrected chi connectivity index (χ2v) is 8.60. The maximum Gasteiger partial charge on any atom is 0.276 e. The van der Waals surface area contributed by atoms with Gasteiger partial charge < -0.3 is 4.90 Å². The lowest BCUT2D eigenvalue weighted by Crippen LogP contribution is -2.24. The molecule has 6 nitrogen and oxygen atoms in total. The van der Waals surface area contributed by atoms with Crippen molar-refractivity contribution >= 4 is 23.1 Å². The first-order chi connectivity index (χ1) is 16.0. The van der Waals surface area contributed by atoms with Crippen LogP contribution in [0.2, 0.25) is 0 Å². The Morgan fingerprint density at radius 3 is 2.45 bits per heavy atom. The highest BCUT2D eigenvalue weighted by Gasteiger charge is 2.15. The molecule has 33 heavy (non-hydrogen) atoms. The van der Waals surface area contributed by atoms with Crippen molar-refractivity contribution in [2.45, 2.75) is 80.1 Å². The van der Waals surface area contributed by atoms with E-state index in [4.69, 9.17) is 9.98 Å². The summed E-state index contributed by atoms with van der Waals surface area (Å²) >= 11 is 0. The van der Waals surface area contributed by atoms with Gasteiger partial charge >= 0.3 is 0 Å². The summed E-state index contributed by atoms with van der Waals surface area (Å²) in [5.74, 6) is 0. The van der Waals surface area contributed by atoms with Crippen LogP contribution in [0.25, 0.3) is 11.7 Å². The Hall–Kier alpha value is -2.89. The van der Waals surface area contributed by atoms with Gasteiger partial charge in [0.05, 0.1) is 16.7 Å². The minimum atomic E-state index is 0.0118. The summed E-state index contributed by atoms with van der Waals surface area (Å²) in [4.78, 5) is 25.8. The quantitative estimate of drug-likeness (QED) is 0.491. The molecule has 0 saturated heterocycles. The number of aromatic amines is 1. The van der Waals surface area contributed by atoms with Crippen molar-refractivity contribution < 1.29 is 0 Å². The number of hydrogen-bond donors (Lipinski definition) is 1. The fourth-order valence-electron chi connectivity index (χ4n) is 4.33. The van der Waals surface area contributed by atoms with Crippen LogP contribution in [0.1, 0.15) is 77.1 Å². The van der Waals surface area contributed by atoms with Crippen LogP contribution in [-0.2, 0) is 12.8 Å². The molecule has 2 aromatic heterocycles. The van der Waals surface area contributed by atoms with Gasteiger partial charge in [-0.05, 0) is 70.2 Å². The first-order valence-corrected chi connectivity index (χ1v) is 12.6. The SMILES string of the molecule is CC/C=c1\[nH]n2c(=O)c(CCCC)c(CCC)nc2c1=Nc1ccc(N(CC)CC)cc1C. The summed E-state index contributed by atoms with van der Waals surface area (Å²) in [5.41, 5.74) is 5.61. The molecule has 0 saturated carbocycles. The number of anilines is 1. The van der Waals surface area contributed by atoms with Crippen LogP contribution in [0.3, 0.4) is 0 Å². The van der Waals surface area contributed by atoms with E-state index in [9.17, 15) is 4.79 Å². The van der Waals surface area contributed by atoms with Gasteiger partial charge in [0.1, 0.15) is 5.36 Å². The lowest BCUT2D eigenvalue weighted by atomic mass is 10.1. The number of fused-ring (bicyclic) bond motifs is 1. The maximum atomic E-state index is 13.4. The van der Waals surface area contributed by atoms with Crippen molar-refractivity contribution in [3.05, 3.63) is 56.1 Å². The molecule has 178 valence electrons. The molecular weight excluding hydrogens is 410 g/mol. The number of hydrogen-bond acceptors (Lipinski definition) is 4. The van der Waals surface area contributed by atoms with E-state index >= 15 is 0 Å². The molecule has 0 fully saturated rings. The zero-order valence-corrected chi connectivity index (χ0v) is 21.2. The van der Waals surface area contributed by atoms with E-state index in [0.29, 0.717) is 5.65 Å². The molecule has 0 radical (unpaired) electrons. The molecule has 3 aromatic rings. The number of H-pyrrole nitrogens is 1. The van der Waals surface area contributed by atoms with Gasteiger partial charge in [-0.3, -0.25) is 9.89 Å². The molecule has 3 rings (SSSR count). The summed E-state index contributed by atoms with van der Waals surface area (Å²) in [6.07, 6.45) is 7.50. The van der Waals surface area contributed by atoms with Gasteiger partial charge in [-0.2, -0.15) is 4.52 Å². The van der Waals surface area contributed by atoms with Crippen molar-refractivity contribution in [1.29, 1.82) is 0 Å². The van der Waals surface area contributed by atoms with E-state index in [1.807, 2.05) is 0 Å². The molecule has 6 heteroatoms. The highest BCUT2D eigenvalue weighted by molar-refractivity contribution is 5.58. The molecule has 0 unspecified atom stereocenters. The lowest BCUT2D eigenvalue weighted by Gasteiger charge is -2.21. The molecule has 1 aromatic carbocycles. The molecule has 0 amide bonds. The fourth-order valence-corrected chi connectivity index (χ4v) is 4.33. The fraction of sp³-hybridized carbons (Fsp3) is 0.519. The number of aromatic nitrogens is 3. The Morgan fingerprint density at radius 1 is 1.09 bits per heavy atom. The number of benzene rings is 1. The summed E-state index contributed by atoms with van der Waals surface area (Å²) < 4.78 is 1.60. The summed E-state index contributed by atoms with van der Waals surface area (Å²) in [5, 5.41) is 4.89. The average Bonchev–Trinajstić information content (AvgIpc) is 3.14. The van der Waals surface area contributed by atoms with Gasteiger partial charge in [-0.15, -0.1) is 0 Å². The van der Waals surface area contributed by atoms with Gasteiger partial charge in [0.15, 0.2) is 5.65 Å². The Morgan fingerprint density at radius 2 is 1.85 bits per heavy atom. The second kappa shape index (κ2) is 11.3. The third-order valence-corrected chi connectivity index (χ3v) is 6.18. The van der Waals surface area contributed by atoms with Gasteiger partial charge in [0.25, 0.3) is 5.56 Å². The monoisotopic (exact) mass is 449 g/mol. The van der Waals surface area contributed by atoms with E-state index in [1.165, 1.54) is 5.69 Å². The maximum absolute atomic E-state index is 13.4. The Labute approximate surface area is 197 Å². The minimum absolute atomic E-state index is 0.0118. The van der Waals surface area contributed by atoms with Crippen molar-refractivity contribution in [2.24, 2.45) is 4.99 Å². The van der Waals surface area contributed by atoms with E-state index in [1.54, 1.807) is 4.52 Å². The number of nitrogens with one attached hydrogen (secondary N) is 1. The molecular formula is C27H39N5O. The van der Waals surface area contributed by atoms with Crippen LogP contribution in [0.5, 0.6) is 0 Å². The molecule has 0 aliphatic heterocycles. The second-order valence-electron chi connectivity index (χ2n) is 8.60. The van der Waals surface area contributed by atoms with Gasteiger partial charge in [0, 0.05) is 24.3 Å². The first-order valence-electron chi connectivity index (χ1n) is 12.6. The largest absolute Gasteiger partial charge is 0.372 e. The van der Waals surface area contributed by atoms with Crippen molar-refractivity contribution in [3.63, 3.8) is 0 Å². The number of aryl methyl sites for hydroxylation is 2. The predicted molar refractivity (Wildman–Crippen MR) is 138 cm³/mol. The first kappa shape index (κ1) is 24.7. The third kappa shape index (κ3) is 5.21. The van der Waals surface area contributed by atoms with E-state index < -0.39 is 0 Å². The van der Waals surface area contributed by atoms with Crippen molar-refractivity contribution in [1.82, 2.24) is 14.6 Å². The van der Waals surface area contributed by atoms with E-state index in [0.717, 1.165) is 84.8 Å². The Bertz CT molecular complexity index is 1260. The molecule has 2 heterocycles. The lowest BCUT2D eigenvalue weighted by molar-refractivity contribution is 0.738.